The average Bonchev–Trinajstić information content (AvgIpc) is 2.77. The first kappa shape index (κ1) is 31.8. The van der Waals surface area contributed by atoms with E-state index in [1.165, 1.54) is 11.1 Å². The van der Waals surface area contributed by atoms with Gasteiger partial charge in [-0.25, -0.2) is 9.42 Å². The van der Waals surface area contributed by atoms with Crippen LogP contribution in [-0.2, 0) is 6.54 Å². The second-order valence-electron chi connectivity index (χ2n) is 10.5. The number of hydrogen-bond acceptors (Lipinski definition) is 4. The predicted molar refractivity (Wildman–Crippen MR) is 161 cm³/mol. The van der Waals surface area contributed by atoms with Crippen molar-refractivity contribution in [2.75, 3.05) is 97.7 Å². The van der Waals surface area contributed by atoms with Gasteiger partial charge in [-0.1, -0.05) is 29.8 Å². The summed E-state index contributed by atoms with van der Waals surface area (Å²) in [6.07, 6.45) is 1.02. The lowest BCUT2D eigenvalue weighted by molar-refractivity contribution is 0.418. The standard InChI is InChI=1S/C23H51N10P3/c1-22-15-17-23(18-16-22)21-33-20-14-19-24-34(33,25-35(27(2)3,28(4)5)29(6)7)26-36(30(8)9,31(10)11)32(12)13/h15-18H,14,19-21H2,1-13H3. The van der Waals surface area contributed by atoms with Crippen molar-refractivity contribution in [2.45, 2.75) is 19.9 Å². The van der Waals surface area contributed by atoms with E-state index in [9.17, 15) is 0 Å². The van der Waals surface area contributed by atoms with Gasteiger partial charge in [-0.2, -0.15) is 9.03 Å². The van der Waals surface area contributed by atoms with Gasteiger partial charge in [0.15, 0.2) is 15.0 Å². The molecule has 0 saturated carbocycles. The number of hydrogen-bond donors (Lipinski definition) is 0. The topological polar surface area (TPSA) is 59.8 Å². The number of rotatable bonds is 10. The molecule has 10 nitrogen and oxygen atoms in total. The van der Waals surface area contributed by atoms with Crippen LogP contribution in [0, 0.1) is 6.92 Å². The molecule has 0 atom stereocenters. The van der Waals surface area contributed by atoms with Gasteiger partial charge in [0.25, 0.3) is 7.51 Å². The Bertz CT molecular complexity index is 924. The van der Waals surface area contributed by atoms with Gasteiger partial charge in [0.2, 0.25) is 0 Å². The van der Waals surface area contributed by atoms with E-state index < -0.39 is 22.5 Å². The first-order valence-corrected chi connectivity index (χ1v) is 17.2. The molecule has 2 rings (SSSR count). The van der Waals surface area contributed by atoms with Crippen LogP contribution in [0.4, 0.5) is 0 Å². The molecule has 13 heteroatoms. The molecule has 0 saturated heterocycles. The summed E-state index contributed by atoms with van der Waals surface area (Å²) in [5.74, 6) is 0. The van der Waals surface area contributed by atoms with E-state index in [2.05, 4.69) is 148 Å². The minimum Gasteiger partial charge on any atom is -0.252 e. The monoisotopic (exact) mass is 560 g/mol. The molecule has 0 N–H and O–H groups in total. The molecule has 0 unspecified atom stereocenters. The minimum atomic E-state index is -2.69. The maximum absolute atomic E-state index is 5.86. The molecule has 1 aliphatic rings. The molecule has 1 heterocycles. The lowest BCUT2D eigenvalue weighted by Crippen LogP contribution is -2.33. The molecule has 0 aliphatic carbocycles. The normalized spacial score (nSPS) is 17.5. The van der Waals surface area contributed by atoms with Gasteiger partial charge in [0.05, 0.1) is 0 Å². The first-order chi connectivity index (χ1) is 16.7. The summed E-state index contributed by atoms with van der Waals surface area (Å²) in [7, 11) is 18.4. The van der Waals surface area contributed by atoms with Crippen molar-refractivity contribution in [3.63, 3.8) is 0 Å². The quantitative estimate of drug-likeness (QED) is 0.355. The highest BCUT2D eigenvalue weighted by Gasteiger charge is 2.41. The highest BCUT2D eigenvalue weighted by molar-refractivity contribution is 7.76. The molecule has 0 spiro atoms. The van der Waals surface area contributed by atoms with Crippen LogP contribution in [0.1, 0.15) is 17.5 Å². The first-order valence-electron chi connectivity index (χ1n) is 12.4. The van der Waals surface area contributed by atoms with Gasteiger partial charge in [0.1, 0.15) is 0 Å². The van der Waals surface area contributed by atoms with Gasteiger partial charge >= 0.3 is 0 Å². The highest BCUT2D eigenvalue weighted by Crippen LogP contribution is 2.75. The molecular formula is C23H51N10P3. The van der Waals surface area contributed by atoms with Crippen molar-refractivity contribution >= 4 is 22.5 Å². The predicted octanol–water partition coefficient (Wildman–Crippen LogP) is 5.41. The fourth-order valence-electron chi connectivity index (χ4n) is 4.90. The Balaban J connectivity index is 3.06. The second-order valence-corrected chi connectivity index (χ2v) is 20.8. The number of aryl methyl sites for hydroxylation is 1. The highest BCUT2D eigenvalue weighted by atomic mass is 31.2. The van der Waals surface area contributed by atoms with E-state index in [1.807, 2.05) is 0 Å². The second kappa shape index (κ2) is 12.7. The molecule has 208 valence electrons. The van der Waals surface area contributed by atoms with E-state index in [0.29, 0.717) is 0 Å². The van der Waals surface area contributed by atoms with Crippen molar-refractivity contribution in [3.8, 4) is 0 Å². The van der Waals surface area contributed by atoms with Crippen LogP contribution in [0.3, 0.4) is 0 Å². The van der Waals surface area contributed by atoms with Gasteiger partial charge in [-0.3, -0.25) is 28.0 Å². The zero-order valence-electron chi connectivity index (χ0n) is 25.0. The van der Waals surface area contributed by atoms with Crippen LogP contribution in [0.5, 0.6) is 0 Å². The maximum atomic E-state index is 5.86. The third kappa shape index (κ3) is 6.26. The molecule has 0 aromatic heterocycles. The Labute approximate surface area is 221 Å². The fraction of sp³-hybridized carbons (Fsp3) is 0.739. The van der Waals surface area contributed by atoms with Crippen molar-refractivity contribution < 1.29 is 0 Å². The summed E-state index contributed by atoms with van der Waals surface area (Å²) in [5, 5.41) is 0. The van der Waals surface area contributed by atoms with Crippen LogP contribution in [0.2, 0.25) is 0 Å². The summed E-state index contributed by atoms with van der Waals surface area (Å²) in [6.45, 7) is 4.64. The van der Waals surface area contributed by atoms with Gasteiger partial charge in [-0.15, -0.1) is 0 Å². The summed E-state index contributed by atoms with van der Waals surface area (Å²) < 4.78 is 33.3. The van der Waals surface area contributed by atoms with Crippen molar-refractivity contribution in [1.29, 1.82) is 0 Å². The summed E-state index contributed by atoms with van der Waals surface area (Å²) >= 11 is 0. The Morgan fingerprint density at radius 3 is 1.47 bits per heavy atom. The zero-order valence-corrected chi connectivity index (χ0v) is 27.6. The van der Waals surface area contributed by atoms with Gasteiger partial charge in [-0.05, 0) is 103 Å². The Hall–Kier alpha value is -0.370. The summed E-state index contributed by atoms with van der Waals surface area (Å²) in [5.41, 5.74) is 2.55. The van der Waals surface area contributed by atoms with Crippen molar-refractivity contribution in [1.82, 2.24) is 32.7 Å². The molecule has 0 amide bonds. The molecular weight excluding hydrogens is 509 g/mol. The van der Waals surface area contributed by atoms with E-state index >= 15 is 0 Å². The van der Waals surface area contributed by atoms with Crippen LogP contribution in [-0.4, -0.2) is 130 Å². The SMILES string of the molecule is Cc1ccc(CN2CCCN=P2(N=P(N(C)C)(N(C)C)N(C)C)N=P(N(C)C)(N(C)C)N(C)C)cc1. The number of nitrogens with zero attached hydrogens (tertiary/aromatic N) is 10. The lowest BCUT2D eigenvalue weighted by Gasteiger charge is -2.47. The average molecular weight is 561 g/mol. The van der Waals surface area contributed by atoms with Crippen LogP contribution < -0.4 is 0 Å². The zero-order chi connectivity index (χ0) is 27.5. The maximum Gasteiger partial charge on any atom is 0.260 e. The van der Waals surface area contributed by atoms with E-state index in [1.54, 1.807) is 0 Å². The van der Waals surface area contributed by atoms with Crippen molar-refractivity contribution in [3.05, 3.63) is 35.4 Å². The number of benzene rings is 1. The molecule has 0 bridgehead atoms. The Morgan fingerprint density at radius 2 is 1.11 bits per heavy atom. The summed E-state index contributed by atoms with van der Waals surface area (Å²) in [4.78, 5) is 0. The van der Waals surface area contributed by atoms with Crippen LogP contribution >= 0.6 is 22.5 Å². The molecule has 0 radical (unpaired) electrons. The molecule has 36 heavy (non-hydrogen) atoms. The van der Waals surface area contributed by atoms with Gasteiger partial charge in [0, 0.05) is 19.6 Å². The third-order valence-corrected chi connectivity index (χ3v) is 18.4. The molecule has 1 aliphatic heterocycles. The van der Waals surface area contributed by atoms with E-state index in [4.69, 9.17) is 13.8 Å². The smallest absolute Gasteiger partial charge is 0.252 e. The lowest BCUT2D eigenvalue weighted by atomic mass is 10.1. The summed E-state index contributed by atoms with van der Waals surface area (Å²) in [6, 6.07) is 8.85. The van der Waals surface area contributed by atoms with Crippen LogP contribution in [0.25, 0.3) is 0 Å². The Kier molecular flexibility index (Phi) is 11.2. The van der Waals surface area contributed by atoms with E-state index in [0.717, 1.165) is 26.1 Å². The minimum absolute atomic E-state index is 0.785. The van der Waals surface area contributed by atoms with E-state index in [-0.39, 0.29) is 0 Å². The van der Waals surface area contributed by atoms with Crippen LogP contribution in [0.15, 0.2) is 38.0 Å². The molecule has 1 aromatic rings. The molecule has 0 fully saturated rings. The van der Waals surface area contributed by atoms with Gasteiger partial charge < -0.3 is 0 Å². The van der Waals surface area contributed by atoms with Crippen molar-refractivity contribution in [2.24, 2.45) is 13.8 Å². The largest absolute Gasteiger partial charge is 0.260 e. The fourth-order valence-corrected chi connectivity index (χ4v) is 18.8. The third-order valence-electron chi connectivity index (χ3n) is 6.43. The Morgan fingerprint density at radius 1 is 0.722 bits per heavy atom. The molecule has 1 aromatic carbocycles.